The molecule has 0 saturated heterocycles. The third-order valence-electron chi connectivity index (χ3n) is 3.95. The van der Waals surface area contributed by atoms with Crippen LogP contribution in [0.15, 0.2) is 35.1 Å². The molecule has 140 valence electrons. The van der Waals surface area contributed by atoms with E-state index < -0.39 is 22.7 Å². The van der Waals surface area contributed by atoms with Crippen molar-refractivity contribution in [2.75, 3.05) is 7.11 Å². The van der Waals surface area contributed by atoms with Crippen LogP contribution in [0.5, 0.6) is 0 Å². The van der Waals surface area contributed by atoms with Gasteiger partial charge in [-0.2, -0.15) is 13.2 Å². The van der Waals surface area contributed by atoms with Gasteiger partial charge in [0, 0.05) is 19.6 Å². The van der Waals surface area contributed by atoms with Crippen LogP contribution in [-0.4, -0.2) is 22.9 Å². The second kappa shape index (κ2) is 7.41. The van der Waals surface area contributed by atoms with E-state index >= 15 is 0 Å². The number of ether oxygens (including phenoxy) is 1. The normalized spacial score (nSPS) is 12.2. The lowest BCUT2D eigenvalue weighted by molar-refractivity contribution is -0.137. The zero-order chi connectivity index (χ0) is 19.5. The molecule has 0 radical (unpaired) electrons. The van der Waals surface area contributed by atoms with E-state index in [0.717, 1.165) is 18.2 Å². The van der Waals surface area contributed by atoms with Crippen LogP contribution in [0.4, 0.5) is 13.2 Å². The van der Waals surface area contributed by atoms with Crippen LogP contribution in [0.25, 0.3) is 0 Å². The average molecular weight is 368 g/mol. The standard InChI is InChI=1S/C18H19F3N2O3/c1-17(2,11-4-6-12(7-5-11)18(19,20)21)9-14(24)13-8-16(25)23-15(22-13)10-26-3/h4-8H,9-10H2,1-3H3,(H,22,23,25). The summed E-state index contributed by atoms with van der Waals surface area (Å²) in [6.07, 6.45) is -4.42. The number of ketones is 1. The lowest BCUT2D eigenvalue weighted by Crippen LogP contribution is -2.24. The number of carbonyl (C=O) groups is 1. The van der Waals surface area contributed by atoms with Crippen LogP contribution >= 0.6 is 0 Å². The second-order valence-corrected chi connectivity index (χ2v) is 6.57. The third-order valence-corrected chi connectivity index (χ3v) is 3.95. The van der Waals surface area contributed by atoms with Gasteiger partial charge >= 0.3 is 6.18 Å². The maximum absolute atomic E-state index is 12.7. The predicted octanol–water partition coefficient (Wildman–Crippen LogP) is 3.49. The summed E-state index contributed by atoms with van der Waals surface area (Å²) in [6.45, 7) is 3.55. The molecule has 1 N–H and O–H groups in total. The molecule has 0 bridgehead atoms. The summed E-state index contributed by atoms with van der Waals surface area (Å²) in [5.74, 6) is -0.144. The van der Waals surface area contributed by atoms with Gasteiger partial charge in [0.2, 0.25) is 0 Å². The molecule has 26 heavy (non-hydrogen) atoms. The largest absolute Gasteiger partial charge is 0.416 e. The highest BCUT2D eigenvalue weighted by atomic mass is 19.4. The second-order valence-electron chi connectivity index (χ2n) is 6.57. The van der Waals surface area contributed by atoms with Crippen LogP contribution < -0.4 is 5.56 Å². The monoisotopic (exact) mass is 368 g/mol. The summed E-state index contributed by atoms with van der Waals surface area (Å²) >= 11 is 0. The Kier molecular flexibility index (Phi) is 5.65. The lowest BCUT2D eigenvalue weighted by atomic mass is 9.79. The van der Waals surface area contributed by atoms with Gasteiger partial charge in [0.15, 0.2) is 5.78 Å². The minimum Gasteiger partial charge on any atom is -0.377 e. The number of H-pyrrole nitrogens is 1. The van der Waals surface area contributed by atoms with Crippen molar-refractivity contribution in [1.29, 1.82) is 0 Å². The summed E-state index contributed by atoms with van der Waals surface area (Å²) in [7, 11) is 1.43. The Bertz CT molecular complexity index is 840. The quantitative estimate of drug-likeness (QED) is 0.793. The van der Waals surface area contributed by atoms with Crippen molar-refractivity contribution in [3.63, 3.8) is 0 Å². The van der Waals surface area contributed by atoms with Crippen LogP contribution in [0.3, 0.4) is 0 Å². The lowest BCUT2D eigenvalue weighted by Gasteiger charge is -2.25. The van der Waals surface area contributed by atoms with Crippen molar-refractivity contribution in [2.45, 2.75) is 38.5 Å². The highest BCUT2D eigenvalue weighted by Gasteiger charge is 2.31. The molecule has 0 saturated carbocycles. The predicted molar refractivity (Wildman–Crippen MR) is 89.0 cm³/mol. The number of methoxy groups -OCH3 is 1. The maximum atomic E-state index is 12.7. The van der Waals surface area contributed by atoms with Gasteiger partial charge in [-0.25, -0.2) is 4.98 Å². The van der Waals surface area contributed by atoms with E-state index in [1.807, 2.05) is 0 Å². The number of benzene rings is 1. The average Bonchev–Trinajstić information content (AvgIpc) is 2.53. The highest BCUT2D eigenvalue weighted by molar-refractivity contribution is 5.95. The Morgan fingerprint density at radius 2 is 1.73 bits per heavy atom. The SMILES string of the molecule is COCc1nc(C(=O)CC(C)(C)c2ccc(C(F)(F)F)cc2)cc(=O)[nH]1. The number of nitrogens with zero attached hydrogens (tertiary/aromatic N) is 1. The van der Waals surface area contributed by atoms with Gasteiger partial charge in [0.25, 0.3) is 5.56 Å². The number of alkyl halides is 3. The number of halogens is 3. The molecule has 2 rings (SSSR count). The molecule has 0 aliphatic rings. The molecule has 0 unspecified atom stereocenters. The number of hydrogen-bond donors (Lipinski definition) is 1. The van der Waals surface area contributed by atoms with E-state index in [1.165, 1.54) is 19.2 Å². The van der Waals surface area contributed by atoms with E-state index in [1.54, 1.807) is 13.8 Å². The number of hydrogen-bond acceptors (Lipinski definition) is 4. The molecule has 1 aromatic carbocycles. The van der Waals surface area contributed by atoms with Gasteiger partial charge in [-0.3, -0.25) is 9.59 Å². The summed E-state index contributed by atoms with van der Waals surface area (Å²) in [6, 6.07) is 5.80. The summed E-state index contributed by atoms with van der Waals surface area (Å²) in [5, 5.41) is 0. The number of aromatic amines is 1. The molecule has 0 aliphatic heterocycles. The fourth-order valence-electron chi connectivity index (χ4n) is 2.56. The van der Waals surface area contributed by atoms with Crippen LogP contribution in [-0.2, 0) is 22.9 Å². The van der Waals surface area contributed by atoms with Gasteiger partial charge in [-0.15, -0.1) is 0 Å². The summed E-state index contributed by atoms with van der Waals surface area (Å²) in [5.41, 5.74) is -1.36. The molecule has 0 aliphatic carbocycles. The van der Waals surface area contributed by atoms with Crippen molar-refractivity contribution >= 4 is 5.78 Å². The highest BCUT2D eigenvalue weighted by Crippen LogP contribution is 2.33. The Balaban J connectivity index is 2.23. The van der Waals surface area contributed by atoms with Crippen LogP contribution in [0.1, 0.15) is 47.7 Å². The van der Waals surface area contributed by atoms with Crippen LogP contribution in [0, 0.1) is 0 Å². The van der Waals surface area contributed by atoms with E-state index in [4.69, 9.17) is 4.74 Å². The number of aromatic nitrogens is 2. The fraction of sp³-hybridized carbons (Fsp3) is 0.389. The van der Waals surface area contributed by atoms with Crippen molar-refractivity contribution in [3.8, 4) is 0 Å². The molecule has 0 spiro atoms. The van der Waals surface area contributed by atoms with E-state index in [2.05, 4.69) is 9.97 Å². The summed E-state index contributed by atoms with van der Waals surface area (Å²) < 4.78 is 42.9. The molecule has 8 heteroatoms. The van der Waals surface area contributed by atoms with Crippen molar-refractivity contribution < 1.29 is 22.7 Å². The zero-order valence-corrected chi connectivity index (χ0v) is 14.6. The van der Waals surface area contributed by atoms with E-state index in [-0.39, 0.29) is 30.3 Å². The first-order valence-corrected chi connectivity index (χ1v) is 7.83. The van der Waals surface area contributed by atoms with Gasteiger partial charge < -0.3 is 9.72 Å². The zero-order valence-electron chi connectivity index (χ0n) is 14.6. The molecule has 0 fully saturated rings. The maximum Gasteiger partial charge on any atom is 0.416 e. The smallest absolute Gasteiger partial charge is 0.377 e. The minimum atomic E-state index is -4.41. The fourth-order valence-corrected chi connectivity index (χ4v) is 2.56. The van der Waals surface area contributed by atoms with Crippen molar-refractivity contribution in [3.05, 3.63) is 63.3 Å². The molecule has 2 aromatic rings. The first-order chi connectivity index (χ1) is 12.0. The van der Waals surface area contributed by atoms with Gasteiger partial charge in [0.05, 0.1) is 5.56 Å². The number of rotatable bonds is 6. The van der Waals surface area contributed by atoms with Crippen molar-refractivity contribution in [2.24, 2.45) is 0 Å². The van der Waals surface area contributed by atoms with Gasteiger partial charge in [-0.05, 0) is 23.1 Å². The first kappa shape index (κ1) is 19.8. The molecular formula is C18H19F3N2O3. The Morgan fingerprint density at radius 3 is 2.27 bits per heavy atom. The molecular weight excluding hydrogens is 349 g/mol. The minimum absolute atomic E-state index is 0.000728. The van der Waals surface area contributed by atoms with Gasteiger partial charge in [-0.1, -0.05) is 26.0 Å². The van der Waals surface area contributed by atoms with Crippen molar-refractivity contribution in [1.82, 2.24) is 9.97 Å². The molecule has 0 amide bonds. The molecule has 0 atom stereocenters. The number of Topliss-reactive ketones (excluding diaryl/α,β-unsaturated/α-hetero) is 1. The molecule has 1 heterocycles. The topological polar surface area (TPSA) is 72.0 Å². The Hall–Kier alpha value is -2.48. The summed E-state index contributed by atoms with van der Waals surface area (Å²) in [4.78, 5) is 30.7. The first-order valence-electron chi connectivity index (χ1n) is 7.83. The van der Waals surface area contributed by atoms with Gasteiger partial charge in [0.1, 0.15) is 18.1 Å². The Morgan fingerprint density at radius 1 is 1.15 bits per heavy atom. The molecule has 5 nitrogen and oxygen atoms in total. The van der Waals surface area contributed by atoms with Crippen LogP contribution in [0.2, 0.25) is 0 Å². The molecule has 1 aromatic heterocycles. The number of nitrogens with one attached hydrogen (secondary N) is 1. The Labute approximate surface area is 148 Å². The number of carbonyl (C=O) groups excluding carboxylic acids is 1. The van der Waals surface area contributed by atoms with E-state index in [9.17, 15) is 22.8 Å². The third kappa shape index (κ3) is 4.78. The van der Waals surface area contributed by atoms with E-state index in [0.29, 0.717) is 5.56 Å².